The quantitative estimate of drug-likeness (QED) is 0.0834. The van der Waals surface area contributed by atoms with Gasteiger partial charge in [-0.2, -0.15) is 0 Å². The molecule has 16 heteroatoms. The largest absolute Gasteiger partial charge is 0.379 e. The predicted octanol–water partition coefficient (Wildman–Crippen LogP) is 6.72. The number of nitrogens with one attached hydrogen (secondary N) is 4. The average Bonchev–Trinajstić information content (AvgIpc) is 3.76. The van der Waals surface area contributed by atoms with Crippen LogP contribution in [0.2, 0.25) is 0 Å². The van der Waals surface area contributed by atoms with Crippen molar-refractivity contribution >= 4 is 46.6 Å². The molecule has 1 aliphatic carbocycles. The molecule has 2 fully saturated rings. The van der Waals surface area contributed by atoms with Gasteiger partial charge in [-0.05, 0) is 141 Å². The number of likely N-dealkylation sites (N-methyl/N-ethyl adjacent to an activating group) is 1. The number of Topliss-reactive ketones (excluding diaryl/α,β-unsaturated/α-hetero) is 2. The summed E-state index contributed by atoms with van der Waals surface area (Å²) in [7, 11) is 1.72. The Morgan fingerprint density at radius 2 is 1.68 bits per heavy atom. The van der Waals surface area contributed by atoms with Gasteiger partial charge in [0.2, 0.25) is 23.6 Å². The Kier molecular flexibility index (Phi) is 18.2. The minimum absolute atomic E-state index is 0.00472. The predicted molar refractivity (Wildman–Crippen MR) is 309 cm³/mol. The maximum atomic E-state index is 15.0. The number of hydrogen-bond donors (Lipinski definition) is 4. The first kappa shape index (κ1) is 58.5. The number of benzene rings is 4. The molecule has 0 spiro atoms. The van der Waals surface area contributed by atoms with Crippen LogP contribution in [0, 0.1) is 17.2 Å². The average molecular weight is 1100 g/mol. The lowest BCUT2D eigenvalue weighted by Crippen LogP contribution is -2.62. The lowest BCUT2D eigenvalue weighted by Gasteiger charge is -2.43. The van der Waals surface area contributed by atoms with Gasteiger partial charge in [0.1, 0.15) is 11.6 Å². The van der Waals surface area contributed by atoms with Gasteiger partial charge in [-0.25, -0.2) is 4.39 Å². The maximum absolute atomic E-state index is 15.0. The Labute approximate surface area is 472 Å². The topological polar surface area (TPSA) is 173 Å². The molecule has 0 unspecified atom stereocenters. The van der Waals surface area contributed by atoms with Gasteiger partial charge < -0.3 is 35.8 Å². The van der Waals surface area contributed by atoms with E-state index in [0.29, 0.717) is 56.0 Å². The van der Waals surface area contributed by atoms with Gasteiger partial charge >= 0.3 is 0 Å². The van der Waals surface area contributed by atoms with Crippen molar-refractivity contribution in [1.82, 2.24) is 30.7 Å². The van der Waals surface area contributed by atoms with E-state index in [1.54, 1.807) is 42.0 Å². The number of carbonyl (C=O) groups is 6. The van der Waals surface area contributed by atoms with Gasteiger partial charge in [-0.1, -0.05) is 75.4 Å². The molecule has 0 saturated carbocycles. The number of amides is 4. The zero-order valence-corrected chi connectivity index (χ0v) is 48.2. The molecular weight excluding hydrogens is 1010 g/mol. The number of morpholine rings is 1. The summed E-state index contributed by atoms with van der Waals surface area (Å²) in [6, 6.07) is 25.3. The number of carbonyl (C=O) groups excluding carboxylic acids is 6. The summed E-state index contributed by atoms with van der Waals surface area (Å²) in [4.78, 5) is 94.6. The number of rotatable bonds is 18. The van der Waals surface area contributed by atoms with Gasteiger partial charge in [0.15, 0.2) is 5.78 Å². The van der Waals surface area contributed by atoms with Gasteiger partial charge in [0, 0.05) is 93.9 Å². The van der Waals surface area contributed by atoms with E-state index in [1.807, 2.05) is 70.2 Å². The Balaban J connectivity index is 0.915. The van der Waals surface area contributed by atoms with E-state index in [-0.39, 0.29) is 85.8 Å². The van der Waals surface area contributed by atoms with Crippen LogP contribution in [0.3, 0.4) is 0 Å². The smallest absolute Gasteiger partial charge is 0.243 e. The fraction of sp³-hybridized carbons (Fsp3) is 0.531. The molecule has 428 valence electrons. The van der Waals surface area contributed by atoms with Gasteiger partial charge in [0.25, 0.3) is 0 Å². The van der Waals surface area contributed by atoms with Gasteiger partial charge in [-0.15, -0.1) is 0 Å². The lowest BCUT2D eigenvalue weighted by atomic mass is 9.75. The van der Waals surface area contributed by atoms with Crippen molar-refractivity contribution in [1.29, 1.82) is 0 Å². The molecule has 80 heavy (non-hydrogen) atoms. The number of fused-ring (bicyclic) bond motifs is 3. The molecule has 4 N–H and O–H groups in total. The highest BCUT2D eigenvalue weighted by atomic mass is 19.1. The van der Waals surface area contributed by atoms with E-state index in [1.165, 1.54) is 23.3 Å². The third kappa shape index (κ3) is 13.3. The minimum Gasteiger partial charge on any atom is -0.379 e. The minimum atomic E-state index is -1.21. The van der Waals surface area contributed by atoms with Crippen molar-refractivity contribution in [2.75, 3.05) is 76.3 Å². The van der Waals surface area contributed by atoms with Crippen LogP contribution >= 0.6 is 0 Å². The van der Waals surface area contributed by atoms with Crippen molar-refractivity contribution in [2.24, 2.45) is 11.3 Å². The third-order valence-corrected chi connectivity index (χ3v) is 17.9. The Bertz CT molecular complexity index is 2940. The molecule has 4 aromatic rings. The molecule has 8 atom stereocenters. The summed E-state index contributed by atoms with van der Waals surface area (Å²) in [5, 5.41) is 12.5. The molecule has 4 heterocycles. The van der Waals surface area contributed by atoms with E-state index in [9.17, 15) is 28.4 Å². The van der Waals surface area contributed by atoms with Crippen LogP contribution in [0.25, 0.3) is 0 Å². The molecule has 5 aliphatic rings. The zero-order chi connectivity index (χ0) is 57.0. The molecule has 0 radical (unpaired) electrons. The molecule has 4 aromatic carbocycles. The highest BCUT2D eigenvalue weighted by Crippen LogP contribution is 2.43. The number of ether oxygens (including phenoxy) is 1. The number of halogens is 1. The standard InChI is InChI=1S/C64H83FN8O7/c1-40-34-71(51(32-67-40)36-70-24-25-80-38-41(70)2)37-60(77)73-39-64(7,53-23-18-44(27-55(53)73)26-43-16-20-49(65)21-17-43)62(79)68-33-59(76)69-50-22-19-46-29-56(58(75)30-47-14-11-13-45-12-9-10-15-52(45)47)72(35-48(46)28-50)61(78)54(63(4,5)6)31-57(74)42(3)66-8/h9-10,12,15-23,27-28,40-42,47,51,54,56,66-67H,11,13-14,24-26,29-39H2,1-8H3,(H,68,79)(H,69,76)/t40-,41-,42+,47+,51-,54-,56+,64+/m1/s1. The summed E-state index contributed by atoms with van der Waals surface area (Å²) in [6.45, 7) is 18.1. The lowest BCUT2D eigenvalue weighted by molar-refractivity contribution is -0.149. The van der Waals surface area contributed by atoms with Crippen molar-refractivity contribution in [2.45, 2.75) is 141 Å². The number of piperazine rings is 1. The molecule has 15 nitrogen and oxygen atoms in total. The second kappa shape index (κ2) is 24.9. The summed E-state index contributed by atoms with van der Waals surface area (Å²) >= 11 is 0. The van der Waals surface area contributed by atoms with Crippen molar-refractivity contribution in [3.05, 3.63) is 130 Å². The molecule has 0 aromatic heterocycles. The highest BCUT2D eigenvalue weighted by Gasteiger charge is 2.48. The van der Waals surface area contributed by atoms with Crippen molar-refractivity contribution < 1.29 is 37.9 Å². The Hall–Kier alpha value is -6.17. The molecule has 2 saturated heterocycles. The first-order chi connectivity index (χ1) is 38.2. The fourth-order valence-electron chi connectivity index (χ4n) is 12.8. The Morgan fingerprint density at radius 3 is 2.42 bits per heavy atom. The zero-order valence-electron chi connectivity index (χ0n) is 48.2. The number of hydrogen-bond acceptors (Lipinski definition) is 11. The fourth-order valence-corrected chi connectivity index (χ4v) is 12.8. The molecule has 4 aliphatic heterocycles. The van der Waals surface area contributed by atoms with Gasteiger partial charge in [-0.3, -0.25) is 38.6 Å². The van der Waals surface area contributed by atoms with Crippen LogP contribution in [-0.4, -0.2) is 146 Å². The SMILES string of the molecule is CN[C@@H](C)C(=O)C[C@H](C(=O)N1Cc2cc(NC(=O)CNC(=O)[C@@]3(C)CN(C(=O)CN4C[C@@H](C)NC[C@@H]4CN4CCOC[C@H]4C)c4cc(Cc5ccc(F)cc5)ccc43)ccc2C[C@H]1C(=O)C[C@@H]1CCCc2ccccc21)C(C)(C)C. The molecule has 9 rings (SSSR count). The van der Waals surface area contributed by atoms with Crippen LogP contribution in [0.1, 0.15) is 119 Å². The molecular formula is C64H83FN8O7. The van der Waals surface area contributed by atoms with Crippen LogP contribution in [0.5, 0.6) is 0 Å². The van der Waals surface area contributed by atoms with E-state index in [2.05, 4.69) is 57.0 Å². The molecule has 4 amide bonds. The number of ketones is 2. The van der Waals surface area contributed by atoms with Crippen molar-refractivity contribution in [3.63, 3.8) is 0 Å². The summed E-state index contributed by atoms with van der Waals surface area (Å²) < 4.78 is 19.6. The first-order valence-electron chi connectivity index (χ1n) is 29.0. The summed E-state index contributed by atoms with van der Waals surface area (Å²) in [5.74, 6) is -2.29. The van der Waals surface area contributed by atoms with Crippen molar-refractivity contribution in [3.8, 4) is 0 Å². The summed E-state index contributed by atoms with van der Waals surface area (Å²) in [6.07, 6.45) is 3.98. The van der Waals surface area contributed by atoms with Crippen LogP contribution in [-0.2, 0) is 64.7 Å². The maximum Gasteiger partial charge on any atom is 0.243 e. The van der Waals surface area contributed by atoms with E-state index in [4.69, 9.17) is 4.74 Å². The summed E-state index contributed by atoms with van der Waals surface area (Å²) in [5.41, 5.74) is 5.92. The number of nitrogens with zero attached hydrogens (tertiary/aromatic N) is 4. The highest BCUT2D eigenvalue weighted by molar-refractivity contribution is 6.04. The third-order valence-electron chi connectivity index (χ3n) is 17.9. The van der Waals surface area contributed by atoms with Crippen LogP contribution in [0.4, 0.5) is 15.8 Å². The van der Waals surface area contributed by atoms with E-state index >= 15 is 4.79 Å². The van der Waals surface area contributed by atoms with E-state index in [0.717, 1.165) is 61.2 Å². The van der Waals surface area contributed by atoms with E-state index < -0.39 is 40.6 Å². The van der Waals surface area contributed by atoms with Gasteiger partial charge in [0.05, 0.1) is 43.8 Å². The normalized spacial score (nSPS) is 24.0. The number of anilines is 2. The second-order valence-corrected chi connectivity index (χ2v) is 24.7. The molecule has 0 bridgehead atoms. The number of aryl methyl sites for hydroxylation is 1. The second-order valence-electron chi connectivity index (χ2n) is 24.7. The first-order valence-corrected chi connectivity index (χ1v) is 29.0. The monoisotopic (exact) mass is 1090 g/mol. The van der Waals surface area contributed by atoms with Crippen LogP contribution in [0.15, 0.2) is 84.9 Å². The van der Waals surface area contributed by atoms with Crippen LogP contribution < -0.4 is 26.2 Å². The Morgan fingerprint density at radius 1 is 0.912 bits per heavy atom.